The number of aromatic amines is 1. The molecule has 0 radical (unpaired) electrons. The van der Waals surface area contributed by atoms with Crippen LogP contribution in [-0.4, -0.2) is 88.0 Å². The predicted molar refractivity (Wildman–Crippen MR) is 157 cm³/mol. The van der Waals surface area contributed by atoms with Crippen LogP contribution in [0.1, 0.15) is 52.0 Å². The third kappa shape index (κ3) is 8.67. The molecule has 0 saturated carbocycles. The molecule has 220 valence electrons. The first-order valence-electron chi connectivity index (χ1n) is 14.6. The molecular formula is C29H45N7O4. The number of imidazole rings is 1. The average molecular weight is 556 g/mol. The second kappa shape index (κ2) is 15.0. The Balaban J connectivity index is 1.40. The van der Waals surface area contributed by atoms with Crippen molar-refractivity contribution in [3.05, 3.63) is 40.3 Å². The first kappa shape index (κ1) is 29.8. The van der Waals surface area contributed by atoms with Crippen molar-refractivity contribution in [3.63, 3.8) is 0 Å². The molecule has 11 heteroatoms. The number of morpholine rings is 1. The number of ether oxygens (including phenoxy) is 3. The summed E-state index contributed by atoms with van der Waals surface area (Å²) in [5, 5.41) is 0. The maximum atomic E-state index is 12.8. The summed E-state index contributed by atoms with van der Waals surface area (Å²) in [5.41, 5.74) is 8.07. The number of nitrogens with two attached hydrogens (primary N) is 1. The van der Waals surface area contributed by atoms with Gasteiger partial charge in [-0.25, -0.2) is 4.79 Å². The summed E-state index contributed by atoms with van der Waals surface area (Å²) in [6.45, 7) is 14.5. The SMILES string of the molecule is CCCCOc1nc(N)c2[nH]c(=O)n(CCCN(CCCN3CCOCC3)Cc3ccc(OC(C)C)cc3)c2n1. The summed E-state index contributed by atoms with van der Waals surface area (Å²) in [7, 11) is 0. The summed E-state index contributed by atoms with van der Waals surface area (Å²) < 4.78 is 18.6. The van der Waals surface area contributed by atoms with Gasteiger partial charge >= 0.3 is 11.7 Å². The fourth-order valence-electron chi connectivity index (χ4n) is 4.88. The Morgan fingerprint density at radius 1 is 1.07 bits per heavy atom. The molecule has 4 rings (SSSR count). The fraction of sp³-hybridized carbons (Fsp3) is 0.621. The van der Waals surface area contributed by atoms with E-state index in [1.807, 2.05) is 26.0 Å². The number of fused-ring (bicyclic) bond motifs is 1. The number of unbranched alkanes of at least 4 members (excludes halogenated alkanes) is 1. The van der Waals surface area contributed by atoms with Crippen LogP contribution in [0.25, 0.3) is 11.2 Å². The van der Waals surface area contributed by atoms with Gasteiger partial charge in [0.2, 0.25) is 0 Å². The number of aromatic nitrogens is 4. The van der Waals surface area contributed by atoms with Crippen molar-refractivity contribution in [3.8, 4) is 11.8 Å². The van der Waals surface area contributed by atoms with E-state index in [0.29, 0.717) is 24.3 Å². The molecule has 0 amide bonds. The van der Waals surface area contributed by atoms with Crippen LogP contribution in [0.4, 0.5) is 5.82 Å². The van der Waals surface area contributed by atoms with Crippen molar-refractivity contribution < 1.29 is 14.2 Å². The zero-order chi connectivity index (χ0) is 28.3. The van der Waals surface area contributed by atoms with Crippen LogP contribution >= 0.6 is 0 Å². The van der Waals surface area contributed by atoms with E-state index in [2.05, 4.69) is 43.8 Å². The molecule has 0 unspecified atom stereocenters. The minimum Gasteiger partial charge on any atom is -0.491 e. The highest BCUT2D eigenvalue weighted by Gasteiger charge is 2.16. The second-order valence-electron chi connectivity index (χ2n) is 10.6. The van der Waals surface area contributed by atoms with Gasteiger partial charge in [-0.3, -0.25) is 14.4 Å². The Labute approximate surface area is 236 Å². The van der Waals surface area contributed by atoms with Gasteiger partial charge in [0.05, 0.1) is 25.9 Å². The number of nitrogens with one attached hydrogen (secondary N) is 1. The van der Waals surface area contributed by atoms with Crippen LogP contribution in [0.2, 0.25) is 0 Å². The third-order valence-corrected chi connectivity index (χ3v) is 6.97. The quantitative estimate of drug-likeness (QED) is 0.256. The monoisotopic (exact) mass is 555 g/mol. The molecule has 1 saturated heterocycles. The van der Waals surface area contributed by atoms with Gasteiger partial charge in [-0.1, -0.05) is 25.5 Å². The van der Waals surface area contributed by atoms with Gasteiger partial charge in [-0.05, 0) is 63.9 Å². The maximum absolute atomic E-state index is 12.8. The lowest BCUT2D eigenvalue weighted by molar-refractivity contribution is 0.0359. The lowest BCUT2D eigenvalue weighted by atomic mass is 10.2. The van der Waals surface area contributed by atoms with E-state index in [9.17, 15) is 4.79 Å². The zero-order valence-corrected chi connectivity index (χ0v) is 24.2. The molecule has 1 fully saturated rings. The van der Waals surface area contributed by atoms with Crippen LogP contribution in [0.5, 0.6) is 11.8 Å². The number of aryl methyl sites for hydroxylation is 1. The number of rotatable bonds is 16. The van der Waals surface area contributed by atoms with Gasteiger partial charge in [0.25, 0.3) is 0 Å². The summed E-state index contributed by atoms with van der Waals surface area (Å²) in [5.74, 6) is 1.11. The van der Waals surface area contributed by atoms with Crippen molar-refractivity contribution >= 4 is 17.0 Å². The molecule has 0 aliphatic carbocycles. The van der Waals surface area contributed by atoms with Gasteiger partial charge in [0, 0.05) is 32.7 Å². The molecule has 0 atom stereocenters. The van der Waals surface area contributed by atoms with Gasteiger partial charge in [-0.15, -0.1) is 0 Å². The number of benzene rings is 1. The van der Waals surface area contributed by atoms with Crippen LogP contribution in [0.15, 0.2) is 29.1 Å². The number of H-pyrrole nitrogens is 1. The van der Waals surface area contributed by atoms with Gasteiger partial charge in [-0.2, -0.15) is 9.97 Å². The van der Waals surface area contributed by atoms with Crippen molar-refractivity contribution in [2.24, 2.45) is 0 Å². The zero-order valence-electron chi connectivity index (χ0n) is 24.2. The van der Waals surface area contributed by atoms with E-state index in [1.165, 1.54) is 5.56 Å². The van der Waals surface area contributed by atoms with E-state index in [-0.39, 0.29) is 23.6 Å². The van der Waals surface area contributed by atoms with E-state index >= 15 is 0 Å². The highest BCUT2D eigenvalue weighted by atomic mass is 16.5. The number of hydrogen-bond acceptors (Lipinski definition) is 9. The summed E-state index contributed by atoms with van der Waals surface area (Å²) in [6.07, 6.45) is 3.91. The first-order valence-corrected chi connectivity index (χ1v) is 14.6. The Kier molecular flexibility index (Phi) is 11.2. The van der Waals surface area contributed by atoms with Gasteiger partial charge in [0.15, 0.2) is 11.5 Å². The summed E-state index contributed by atoms with van der Waals surface area (Å²) >= 11 is 0. The number of nitrogens with zero attached hydrogens (tertiary/aromatic N) is 5. The Bertz CT molecular complexity index is 1240. The molecule has 40 heavy (non-hydrogen) atoms. The van der Waals surface area contributed by atoms with Crippen molar-refractivity contribution in [2.45, 2.75) is 65.6 Å². The smallest absolute Gasteiger partial charge is 0.327 e. The Morgan fingerprint density at radius 3 is 2.50 bits per heavy atom. The fourth-order valence-corrected chi connectivity index (χ4v) is 4.88. The predicted octanol–water partition coefficient (Wildman–Crippen LogP) is 3.28. The average Bonchev–Trinajstić information content (AvgIpc) is 3.25. The molecule has 0 spiro atoms. The lowest BCUT2D eigenvalue weighted by Gasteiger charge is -2.28. The Hall–Kier alpha value is -3.15. The number of anilines is 1. The molecule has 1 aliphatic heterocycles. The highest BCUT2D eigenvalue weighted by Crippen LogP contribution is 2.19. The standard InChI is InChI=1S/C29H45N7O4/c1-4-5-18-39-28-32-26(30)25-27(33-28)36(29(37)31-25)15-7-14-35(13-6-12-34-16-19-38-20-17-34)21-23-8-10-24(11-9-23)40-22(2)3/h8-11,22H,4-7,12-21H2,1-3H3,(H,31,37)(H2,30,32,33). The maximum Gasteiger partial charge on any atom is 0.327 e. The number of hydrogen-bond donors (Lipinski definition) is 2. The molecule has 1 aromatic carbocycles. The topological polar surface area (TPSA) is 124 Å². The first-order chi connectivity index (χ1) is 19.4. The minimum absolute atomic E-state index is 0.148. The third-order valence-electron chi connectivity index (χ3n) is 6.97. The normalized spacial score (nSPS) is 14.4. The largest absolute Gasteiger partial charge is 0.491 e. The van der Waals surface area contributed by atoms with Gasteiger partial charge in [0.1, 0.15) is 11.3 Å². The van der Waals surface area contributed by atoms with Crippen LogP contribution in [0.3, 0.4) is 0 Å². The molecule has 3 aromatic rings. The Morgan fingerprint density at radius 2 is 1.80 bits per heavy atom. The van der Waals surface area contributed by atoms with E-state index in [4.69, 9.17) is 19.9 Å². The van der Waals surface area contributed by atoms with E-state index in [0.717, 1.165) is 83.9 Å². The van der Waals surface area contributed by atoms with E-state index in [1.54, 1.807) is 4.57 Å². The summed E-state index contributed by atoms with van der Waals surface area (Å²) in [6, 6.07) is 8.56. The molecule has 3 N–H and O–H groups in total. The molecule has 11 nitrogen and oxygen atoms in total. The molecule has 3 heterocycles. The second-order valence-corrected chi connectivity index (χ2v) is 10.6. The number of nitrogen functional groups attached to an aromatic ring is 1. The molecule has 1 aliphatic rings. The van der Waals surface area contributed by atoms with Crippen molar-refractivity contribution in [2.75, 3.05) is 58.3 Å². The summed E-state index contributed by atoms with van der Waals surface area (Å²) in [4.78, 5) is 29.2. The highest BCUT2D eigenvalue weighted by molar-refractivity contribution is 5.81. The molecular weight excluding hydrogens is 510 g/mol. The molecule has 0 bridgehead atoms. The molecule has 2 aromatic heterocycles. The van der Waals surface area contributed by atoms with Gasteiger partial charge < -0.3 is 24.9 Å². The van der Waals surface area contributed by atoms with Crippen molar-refractivity contribution in [1.29, 1.82) is 0 Å². The van der Waals surface area contributed by atoms with Crippen LogP contribution in [-0.2, 0) is 17.8 Å². The van der Waals surface area contributed by atoms with Crippen molar-refractivity contribution in [1.82, 2.24) is 29.3 Å². The minimum atomic E-state index is -0.235. The lowest BCUT2D eigenvalue weighted by Crippen LogP contribution is -2.38. The van der Waals surface area contributed by atoms with E-state index < -0.39 is 0 Å². The van der Waals surface area contributed by atoms with Crippen LogP contribution < -0.4 is 20.9 Å². The van der Waals surface area contributed by atoms with Crippen LogP contribution in [0, 0.1) is 0 Å².